The predicted molar refractivity (Wildman–Crippen MR) is 98.5 cm³/mol. The first kappa shape index (κ1) is 20.5. The van der Waals surface area contributed by atoms with Crippen LogP contribution in [0.15, 0.2) is 24.3 Å². The molecule has 1 rings (SSSR count). The van der Waals surface area contributed by atoms with E-state index in [9.17, 15) is 9.90 Å². The number of unbranched alkanes of at least 4 members (excludes halogenated alkanes) is 1. The van der Waals surface area contributed by atoms with Crippen LogP contribution in [0, 0.1) is 0 Å². The Morgan fingerprint density at radius 3 is 2.46 bits per heavy atom. The summed E-state index contributed by atoms with van der Waals surface area (Å²) in [6.07, 6.45) is 6.72. The van der Waals surface area contributed by atoms with Crippen LogP contribution in [-0.4, -0.2) is 23.3 Å². The van der Waals surface area contributed by atoms with E-state index in [1.807, 2.05) is 18.2 Å². The Bertz CT molecular complexity index is 482. The zero-order valence-corrected chi connectivity index (χ0v) is 15.4. The van der Waals surface area contributed by atoms with Crippen molar-refractivity contribution in [1.29, 1.82) is 0 Å². The molecule has 0 saturated heterocycles. The lowest BCUT2D eigenvalue weighted by Gasteiger charge is -2.27. The topological polar surface area (TPSA) is 58.6 Å². The van der Waals surface area contributed by atoms with Gasteiger partial charge in [-0.15, -0.1) is 0 Å². The highest BCUT2D eigenvalue weighted by Gasteiger charge is 2.24. The van der Waals surface area contributed by atoms with Gasteiger partial charge in [-0.2, -0.15) is 0 Å². The van der Waals surface area contributed by atoms with Gasteiger partial charge >= 0.3 is 6.09 Å². The molecule has 0 radical (unpaired) electrons. The van der Waals surface area contributed by atoms with Crippen molar-refractivity contribution in [1.82, 2.24) is 5.32 Å². The number of ether oxygens (including phenoxy) is 1. The fourth-order valence-electron chi connectivity index (χ4n) is 2.96. The van der Waals surface area contributed by atoms with Crippen LogP contribution in [0.3, 0.4) is 0 Å². The minimum atomic E-state index is -0.585. The maximum Gasteiger partial charge on any atom is 0.412 e. The SMILES string of the molecule is CCCCNC(=O)Oc1cccc(CCC(O)(CCC)CCC)c1. The molecule has 2 N–H and O–H groups in total. The van der Waals surface area contributed by atoms with Gasteiger partial charge in [0.25, 0.3) is 0 Å². The summed E-state index contributed by atoms with van der Waals surface area (Å²) in [6.45, 7) is 6.92. The Balaban J connectivity index is 2.56. The maximum absolute atomic E-state index is 11.7. The van der Waals surface area contributed by atoms with E-state index in [0.29, 0.717) is 12.3 Å². The van der Waals surface area contributed by atoms with Gasteiger partial charge in [-0.1, -0.05) is 52.2 Å². The molecule has 4 heteroatoms. The second kappa shape index (κ2) is 11.1. The minimum absolute atomic E-state index is 0.408. The normalized spacial score (nSPS) is 11.3. The van der Waals surface area contributed by atoms with E-state index in [4.69, 9.17) is 4.74 Å². The van der Waals surface area contributed by atoms with E-state index in [1.165, 1.54) is 0 Å². The smallest absolute Gasteiger partial charge is 0.410 e. The lowest BCUT2D eigenvalue weighted by Crippen LogP contribution is -2.29. The van der Waals surface area contributed by atoms with E-state index in [-0.39, 0.29) is 0 Å². The van der Waals surface area contributed by atoms with E-state index < -0.39 is 11.7 Å². The molecule has 0 aliphatic rings. The van der Waals surface area contributed by atoms with Gasteiger partial charge in [0.1, 0.15) is 5.75 Å². The molecule has 1 amide bonds. The second-order valence-electron chi connectivity index (χ2n) is 6.54. The lowest BCUT2D eigenvalue weighted by molar-refractivity contribution is 0.0132. The number of aryl methyl sites for hydroxylation is 1. The fraction of sp³-hybridized carbons (Fsp3) is 0.650. The van der Waals surface area contributed by atoms with Crippen molar-refractivity contribution in [3.63, 3.8) is 0 Å². The van der Waals surface area contributed by atoms with E-state index >= 15 is 0 Å². The minimum Gasteiger partial charge on any atom is -0.410 e. The molecule has 1 aromatic rings. The molecule has 1 aromatic carbocycles. The van der Waals surface area contributed by atoms with Crippen molar-refractivity contribution < 1.29 is 14.6 Å². The van der Waals surface area contributed by atoms with Crippen LogP contribution in [-0.2, 0) is 6.42 Å². The van der Waals surface area contributed by atoms with Crippen molar-refractivity contribution in [2.24, 2.45) is 0 Å². The maximum atomic E-state index is 11.7. The molecule has 0 unspecified atom stereocenters. The largest absolute Gasteiger partial charge is 0.412 e. The first-order valence-electron chi connectivity index (χ1n) is 9.30. The average molecular weight is 335 g/mol. The number of benzene rings is 1. The molecule has 136 valence electrons. The molecule has 24 heavy (non-hydrogen) atoms. The van der Waals surface area contributed by atoms with Crippen LogP contribution in [0.25, 0.3) is 0 Å². The molecule has 0 aliphatic heterocycles. The summed E-state index contributed by atoms with van der Waals surface area (Å²) < 4.78 is 5.32. The van der Waals surface area contributed by atoms with Gasteiger partial charge in [-0.3, -0.25) is 0 Å². The fourth-order valence-corrected chi connectivity index (χ4v) is 2.96. The van der Waals surface area contributed by atoms with Gasteiger partial charge in [-0.25, -0.2) is 4.79 Å². The first-order chi connectivity index (χ1) is 11.5. The number of aliphatic hydroxyl groups is 1. The third kappa shape index (κ3) is 7.82. The van der Waals surface area contributed by atoms with Crippen molar-refractivity contribution in [3.05, 3.63) is 29.8 Å². The highest BCUT2D eigenvalue weighted by molar-refractivity contribution is 5.70. The van der Waals surface area contributed by atoms with Crippen LogP contribution in [0.4, 0.5) is 4.79 Å². The highest BCUT2D eigenvalue weighted by atomic mass is 16.6. The molecule has 0 bridgehead atoms. The van der Waals surface area contributed by atoms with E-state index in [1.54, 1.807) is 6.07 Å². The van der Waals surface area contributed by atoms with Crippen LogP contribution < -0.4 is 10.1 Å². The number of carbonyl (C=O) groups excluding carboxylic acids is 1. The number of hydrogen-bond acceptors (Lipinski definition) is 3. The van der Waals surface area contributed by atoms with Crippen LogP contribution in [0.5, 0.6) is 5.75 Å². The summed E-state index contributed by atoms with van der Waals surface area (Å²) in [5.74, 6) is 0.552. The average Bonchev–Trinajstić information content (AvgIpc) is 2.54. The molecule has 0 aromatic heterocycles. The summed E-state index contributed by atoms with van der Waals surface area (Å²) in [7, 11) is 0. The van der Waals surface area contributed by atoms with Gasteiger partial charge in [0.15, 0.2) is 0 Å². The zero-order valence-electron chi connectivity index (χ0n) is 15.4. The number of hydrogen-bond donors (Lipinski definition) is 2. The molecule has 0 atom stereocenters. The number of carbonyl (C=O) groups is 1. The monoisotopic (exact) mass is 335 g/mol. The lowest BCUT2D eigenvalue weighted by atomic mass is 9.87. The van der Waals surface area contributed by atoms with Crippen LogP contribution in [0.2, 0.25) is 0 Å². The Morgan fingerprint density at radius 1 is 1.12 bits per heavy atom. The van der Waals surface area contributed by atoms with E-state index in [0.717, 1.165) is 56.9 Å². The Morgan fingerprint density at radius 2 is 1.83 bits per heavy atom. The quantitative estimate of drug-likeness (QED) is 0.569. The summed E-state index contributed by atoms with van der Waals surface area (Å²) in [5.41, 5.74) is 0.497. The van der Waals surface area contributed by atoms with Gasteiger partial charge in [0.05, 0.1) is 5.60 Å². The predicted octanol–water partition coefficient (Wildman–Crippen LogP) is 4.84. The van der Waals surface area contributed by atoms with Crippen molar-refractivity contribution >= 4 is 6.09 Å². The van der Waals surface area contributed by atoms with Crippen LogP contribution in [0.1, 0.15) is 71.3 Å². The first-order valence-corrected chi connectivity index (χ1v) is 9.30. The molecular formula is C20H33NO3. The number of rotatable bonds is 11. The molecule has 0 saturated carbocycles. The molecule has 0 spiro atoms. The van der Waals surface area contributed by atoms with Crippen LogP contribution >= 0.6 is 0 Å². The van der Waals surface area contributed by atoms with Crippen molar-refractivity contribution in [2.45, 2.75) is 77.7 Å². The molecule has 4 nitrogen and oxygen atoms in total. The van der Waals surface area contributed by atoms with E-state index in [2.05, 4.69) is 26.1 Å². The Labute approximate surface area is 146 Å². The van der Waals surface area contributed by atoms with Gasteiger partial charge in [-0.05, 0) is 49.8 Å². The van der Waals surface area contributed by atoms with Gasteiger partial charge in [0, 0.05) is 6.54 Å². The molecule has 0 aliphatic carbocycles. The molecule has 0 heterocycles. The number of amides is 1. The second-order valence-corrected chi connectivity index (χ2v) is 6.54. The highest BCUT2D eigenvalue weighted by Crippen LogP contribution is 2.26. The summed E-state index contributed by atoms with van der Waals surface area (Å²) in [6, 6.07) is 7.58. The Hall–Kier alpha value is -1.55. The third-order valence-corrected chi connectivity index (χ3v) is 4.22. The van der Waals surface area contributed by atoms with Crippen molar-refractivity contribution in [2.75, 3.05) is 6.54 Å². The Kier molecular flexibility index (Phi) is 9.46. The molecular weight excluding hydrogens is 302 g/mol. The summed E-state index contributed by atoms with van der Waals surface area (Å²) >= 11 is 0. The third-order valence-electron chi connectivity index (χ3n) is 4.22. The van der Waals surface area contributed by atoms with Gasteiger partial charge < -0.3 is 15.2 Å². The molecule has 0 fully saturated rings. The number of nitrogens with one attached hydrogen (secondary N) is 1. The van der Waals surface area contributed by atoms with Crippen molar-refractivity contribution in [3.8, 4) is 5.75 Å². The summed E-state index contributed by atoms with van der Waals surface area (Å²) in [4.78, 5) is 11.7. The summed E-state index contributed by atoms with van der Waals surface area (Å²) in [5, 5.41) is 13.5. The zero-order chi connectivity index (χ0) is 17.8. The van der Waals surface area contributed by atoms with Gasteiger partial charge in [0.2, 0.25) is 0 Å². The standard InChI is InChI=1S/C20H33NO3/c1-4-7-15-21-19(22)24-18-10-8-9-17(16-18)11-14-20(23,12-5-2)13-6-3/h8-10,16,23H,4-7,11-15H2,1-3H3,(H,21,22).